The van der Waals surface area contributed by atoms with Crippen LogP contribution in [0, 0.1) is 0 Å². The second-order valence-electron chi connectivity index (χ2n) is 4.39. The number of carbonyl (C=O) groups is 1. The molecule has 0 bridgehead atoms. The van der Waals surface area contributed by atoms with Gasteiger partial charge in [-0.3, -0.25) is 4.39 Å². The summed E-state index contributed by atoms with van der Waals surface area (Å²) in [5, 5.41) is 2.59. The van der Waals surface area contributed by atoms with Crippen molar-refractivity contribution in [3.63, 3.8) is 0 Å². The molecule has 0 aliphatic rings. The largest absolute Gasteiger partial charge is 0.445 e. The highest BCUT2D eigenvalue weighted by atomic mass is 19.1. The number of carbonyl (C=O) groups excluding carboxylic acids is 1. The van der Waals surface area contributed by atoms with Crippen molar-refractivity contribution in [1.29, 1.82) is 0 Å². The van der Waals surface area contributed by atoms with Crippen LogP contribution in [0.1, 0.15) is 18.9 Å². The van der Waals surface area contributed by atoms with E-state index in [0.29, 0.717) is 0 Å². The van der Waals surface area contributed by atoms with E-state index in [-0.39, 0.29) is 19.6 Å². The van der Waals surface area contributed by atoms with Crippen molar-refractivity contribution in [3.8, 4) is 0 Å². The van der Waals surface area contributed by atoms with Gasteiger partial charge in [0.2, 0.25) is 0 Å². The number of nitrogens with two attached hydrogens (primary N) is 1. The van der Waals surface area contributed by atoms with Crippen LogP contribution in [0.5, 0.6) is 0 Å². The van der Waals surface area contributed by atoms with E-state index in [1.54, 1.807) is 6.92 Å². The summed E-state index contributed by atoms with van der Waals surface area (Å²) in [6.45, 7) is 1.50. The fraction of sp³-hybridized carbons (Fsp3) is 0.462. The molecule has 18 heavy (non-hydrogen) atoms. The molecule has 0 saturated heterocycles. The minimum absolute atomic E-state index is 0.164. The lowest BCUT2D eigenvalue weighted by Crippen LogP contribution is -2.51. The molecule has 1 aromatic rings. The van der Waals surface area contributed by atoms with Gasteiger partial charge in [-0.05, 0) is 18.9 Å². The molecule has 1 amide bonds. The fourth-order valence-corrected chi connectivity index (χ4v) is 1.43. The Kier molecular flexibility index (Phi) is 5.58. The van der Waals surface area contributed by atoms with Gasteiger partial charge in [-0.25, -0.2) is 4.79 Å². The maximum absolute atomic E-state index is 12.3. The monoisotopic (exact) mass is 254 g/mol. The number of alkyl carbamates (subject to hydrolysis) is 1. The van der Waals surface area contributed by atoms with E-state index >= 15 is 0 Å². The highest BCUT2D eigenvalue weighted by Gasteiger charge is 2.25. The summed E-state index contributed by atoms with van der Waals surface area (Å²) in [4.78, 5) is 11.6. The molecule has 1 atom stereocenters. The van der Waals surface area contributed by atoms with Crippen LogP contribution >= 0.6 is 0 Å². The van der Waals surface area contributed by atoms with E-state index < -0.39 is 18.3 Å². The van der Waals surface area contributed by atoms with Crippen LogP contribution in [0.2, 0.25) is 0 Å². The number of hydrogen-bond donors (Lipinski definition) is 2. The first-order valence-electron chi connectivity index (χ1n) is 5.84. The highest BCUT2D eigenvalue weighted by Crippen LogP contribution is 2.09. The molecule has 1 unspecified atom stereocenters. The molecule has 0 heterocycles. The average Bonchev–Trinajstić information content (AvgIpc) is 2.38. The summed E-state index contributed by atoms with van der Waals surface area (Å²) in [6.07, 6.45) is -0.413. The van der Waals surface area contributed by atoms with Crippen LogP contribution in [0.25, 0.3) is 0 Å². The van der Waals surface area contributed by atoms with E-state index in [1.807, 2.05) is 30.3 Å². The molecule has 0 fully saturated rings. The van der Waals surface area contributed by atoms with Crippen LogP contribution in [0.15, 0.2) is 30.3 Å². The van der Waals surface area contributed by atoms with Crippen molar-refractivity contribution in [3.05, 3.63) is 35.9 Å². The molecule has 1 aromatic carbocycles. The number of halogens is 1. The van der Waals surface area contributed by atoms with Crippen molar-refractivity contribution in [2.24, 2.45) is 5.73 Å². The average molecular weight is 254 g/mol. The molecular formula is C13H19FN2O2. The third-order valence-electron chi connectivity index (χ3n) is 2.71. The van der Waals surface area contributed by atoms with Gasteiger partial charge in [0.05, 0.1) is 12.2 Å². The molecule has 5 heteroatoms. The molecule has 0 aromatic heterocycles. The van der Waals surface area contributed by atoms with E-state index in [0.717, 1.165) is 5.56 Å². The van der Waals surface area contributed by atoms with E-state index in [1.165, 1.54) is 0 Å². The number of nitrogens with one attached hydrogen (secondary N) is 1. The first-order chi connectivity index (χ1) is 8.59. The number of rotatable bonds is 6. The van der Waals surface area contributed by atoms with Gasteiger partial charge in [0.25, 0.3) is 0 Å². The summed E-state index contributed by atoms with van der Waals surface area (Å²) in [5.74, 6) is 0. The Bertz CT molecular complexity index is 373. The van der Waals surface area contributed by atoms with Crippen molar-refractivity contribution >= 4 is 6.09 Å². The summed E-state index contributed by atoms with van der Waals surface area (Å²) in [7, 11) is 0. The number of ether oxygens (including phenoxy) is 1. The Balaban J connectivity index is 2.41. The molecule has 1 rings (SSSR count). The zero-order valence-corrected chi connectivity index (χ0v) is 10.5. The summed E-state index contributed by atoms with van der Waals surface area (Å²) >= 11 is 0. The summed E-state index contributed by atoms with van der Waals surface area (Å²) in [6, 6.07) is 9.33. The number of alkyl halides is 1. The molecule has 4 nitrogen and oxygen atoms in total. The lowest BCUT2D eigenvalue weighted by atomic mass is 9.99. The molecule has 0 aliphatic carbocycles. The lowest BCUT2D eigenvalue weighted by molar-refractivity contribution is 0.126. The lowest BCUT2D eigenvalue weighted by Gasteiger charge is -2.27. The van der Waals surface area contributed by atoms with Crippen LogP contribution in [-0.4, -0.2) is 24.9 Å². The Labute approximate surface area is 106 Å². The van der Waals surface area contributed by atoms with Gasteiger partial charge in [0.1, 0.15) is 6.61 Å². The molecule has 0 saturated carbocycles. The van der Waals surface area contributed by atoms with Gasteiger partial charge in [0, 0.05) is 6.54 Å². The smallest absolute Gasteiger partial charge is 0.407 e. The SMILES string of the molecule is CC(CN)(CCF)NC(=O)OCc1ccccc1. The Morgan fingerprint density at radius 1 is 1.44 bits per heavy atom. The van der Waals surface area contributed by atoms with Crippen molar-refractivity contribution in [2.45, 2.75) is 25.5 Å². The summed E-state index contributed by atoms with van der Waals surface area (Å²) in [5.41, 5.74) is 5.65. The zero-order chi connectivity index (χ0) is 13.4. The second-order valence-corrected chi connectivity index (χ2v) is 4.39. The molecule has 0 aliphatic heterocycles. The predicted octanol–water partition coefficient (Wildman–Crippen LogP) is 1.99. The minimum atomic E-state index is -0.761. The molecule has 100 valence electrons. The number of amides is 1. The van der Waals surface area contributed by atoms with Gasteiger partial charge in [-0.1, -0.05) is 30.3 Å². The first kappa shape index (κ1) is 14.4. The maximum atomic E-state index is 12.3. The number of benzene rings is 1. The first-order valence-corrected chi connectivity index (χ1v) is 5.84. The standard InChI is InChI=1S/C13H19FN2O2/c1-13(10-15,7-8-14)16-12(17)18-9-11-5-3-2-4-6-11/h2-6H,7-10,15H2,1H3,(H,16,17). The van der Waals surface area contributed by atoms with Crippen LogP contribution < -0.4 is 11.1 Å². The third kappa shape index (κ3) is 4.71. The van der Waals surface area contributed by atoms with Gasteiger partial charge in [0.15, 0.2) is 0 Å². The fourth-order valence-electron chi connectivity index (χ4n) is 1.43. The van der Waals surface area contributed by atoms with E-state index in [9.17, 15) is 9.18 Å². The van der Waals surface area contributed by atoms with Crippen molar-refractivity contribution < 1.29 is 13.9 Å². The molecular weight excluding hydrogens is 235 g/mol. The zero-order valence-electron chi connectivity index (χ0n) is 10.5. The van der Waals surface area contributed by atoms with Gasteiger partial charge in [-0.15, -0.1) is 0 Å². The molecule has 0 radical (unpaired) electrons. The maximum Gasteiger partial charge on any atom is 0.407 e. The number of hydrogen-bond acceptors (Lipinski definition) is 3. The minimum Gasteiger partial charge on any atom is -0.445 e. The molecule has 3 N–H and O–H groups in total. The van der Waals surface area contributed by atoms with Crippen molar-refractivity contribution in [1.82, 2.24) is 5.32 Å². The van der Waals surface area contributed by atoms with Crippen molar-refractivity contribution in [2.75, 3.05) is 13.2 Å². The second kappa shape index (κ2) is 6.96. The quantitative estimate of drug-likeness (QED) is 0.816. The normalized spacial score (nSPS) is 13.7. The summed E-state index contributed by atoms with van der Waals surface area (Å²) < 4.78 is 17.4. The molecule has 0 spiro atoms. The van der Waals surface area contributed by atoms with Crippen LogP contribution in [-0.2, 0) is 11.3 Å². The van der Waals surface area contributed by atoms with E-state index in [4.69, 9.17) is 10.5 Å². The van der Waals surface area contributed by atoms with Gasteiger partial charge >= 0.3 is 6.09 Å². The van der Waals surface area contributed by atoms with Gasteiger partial charge < -0.3 is 15.8 Å². The topological polar surface area (TPSA) is 64.3 Å². The Morgan fingerprint density at radius 2 is 2.11 bits per heavy atom. The third-order valence-corrected chi connectivity index (χ3v) is 2.71. The van der Waals surface area contributed by atoms with Gasteiger partial charge in [-0.2, -0.15) is 0 Å². The van der Waals surface area contributed by atoms with Crippen LogP contribution in [0.3, 0.4) is 0 Å². The Hall–Kier alpha value is -1.62. The van der Waals surface area contributed by atoms with E-state index in [2.05, 4.69) is 5.32 Å². The van der Waals surface area contributed by atoms with Crippen LogP contribution in [0.4, 0.5) is 9.18 Å². The highest BCUT2D eigenvalue weighted by molar-refractivity contribution is 5.68. The Morgan fingerprint density at radius 3 is 2.67 bits per heavy atom. The predicted molar refractivity (Wildman–Crippen MR) is 67.8 cm³/mol.